The van der Waals surface area contributed by atoms with Crippen LogP contribution in [-0.2, 0) is 9.53 Å². The molecule has 0 unspecified atom stereocenters. The van der Waals surface area contributed by atoms with Crippen LogP contribution in [0.25, 0.3) is 0 Å². The fourth-order valence-electron chi connectivity index (χ4n) is 0.897. The first-order valence-corrected chi connectivity index (χ1v) is 5.23. The Morgan fingerprint density at radius 1 is 1.27 bits per heavy atom. The van der Waals surface area contributed by atoms with Crippen LogP contribution in [-0.4, -0.2) is 31.7 Å². The van der Waals surface area contributed by atoms with Gasteiger partial charge < -0.3 is 15.4 Å². The molecule has 0 aliphatic heterocycles. The van der Waals surface area contributed by atoms with Crippen molar-refractivity contribution < 1.29 is 14.3 Å². The van der Waals surface area contributed by atoms with Crippen LogP contribution in [0, 0.1) is 5.92 Å². The van der Waals surface area contributed by atoms with E-state index in [1.165, 1.54) is 0 Å². The van der Waals surface area contributed by atoms with Crippen molar-refractivity contribution in [2.45, 2.75) is 27.2 Å². The van der Waals surface area contributed by atoms with E-state index in [9.17, 15) is 9.59 Å². The van der Waals surface area contributed by atoms with E-state index in [0.717, 1.165) is 6.42 Å². The molecule has 0 saturated carbocycles. The van der Waals surface area contributed by atoms with Gasteiger partial charge in [0.2, 0.25) is 5.91 Å². The zero-order chi connectivity index (χ0) is 11.7. The van der Waals surface area contributed by atoms with Crippen molar-refractivity contribution in [1.82, 2.24) is 10.6 Å². The minimum absolute atomic E-state index is 0.0308. The lowest BCUT2D eigenvalue weighted by Crippen LogP contribution is -2.37. The van der Waals surface area contributed by atoms with Gasteiger partial charge in [-0.15, -0.1) is 0 Å². The molecule has 0 aromatic rings. The minimum Gasteiger partial charge on any atom is -0.450 e. The molecule has 0 heterocycles. The summed E-state index contributed by atoms with van der Waals surface area (Å²) in [6.07, 6.45) is 0.377. The summed E-state index contributed by atoms with van der Waals surface area (Å²) in [5.74, 6) is 0.368. The number of amides is 2. The molecule has 2 amide bonds. The van der Waals surface area contributed by atoms with Gasteiger partial charge in [0, 0.05) is 6.54 Å². The molecule has 0 bridgehead atoms. The highest BCUT2D eigenvalue weighted by molar-refractivity contribution is 5.81. The maximum atomic E-state index is 11.2. The third-order valence-corrected chi connectivity index (χ3v) is 1.71. The first-order valence-electron chi connectivity index (χ1n) is 5.23. The molecule has 0 aromatic carbocycles. The van der Waals surface area contributed by atoms with Gasteiger partial charge in [0.25, 0.3) is 0 Å². The van der Waals surface area contributed by atoms with E-state index < -0.39 is 6.09 Å². The molecule has 0 fully saturated rings. The second-order valence-corrected chi connectivity index (χ2v) is 3.61. The van der Waals surface area contributed by atoms with Crippen molar-refractivity contribution in [3.05, 3.63) is 0 Å². The van der Waals surface area contributed by atoms with Crippen LogP contribution < -0.4 is 10.6 Å². The van der Waals surface area contributed by atoms with E-state index in [0.29, 0.717) is 19.1 Å². The van der Waals surface area contributed by atoms with Gasteiger partial charge in [0.05, 0.1) is 13.2 Å². The maximum absolute atomic E-state index is 11.2. The summed E-state index contributed by atoms with van der Waals surface area (Å²) in [7, 11) is 0. The maximum Gasteiger partial charge on any atom is 0.407 e. The molecule has 0 spiro atoms. The van der Waals surface area contributed by atoms with Gasteiger partial charge in [-0.1, -0.05) is 13.8 Å². The summed E-state index contributed by atoms with van der Waals surface area (Å²) >= 11 is 0. The Labute approximate surface area is 90.6 Å². The van der Waals surface area contributed by atoms with Crippen molar-refractivity contribution >= 4 is 12.0 Å². The molecule has 5 heteroatoms. The molecule has 0 atom stereocenters. The summed E-state index contributed by atoms with van der Waals surface area (Å²) in [6, 6.07) is 0. The standard InChI is InChI=1S/C10H20N2O3/c1-4-15-10(14)12-7-9(13)11-6-5-8(2)3/h8H,4-7H2,1-3H3,(H,11,13)(H,12,14). The predicted octanol–water partition coefficient (Wildman–Crippen LogP) is 0.895. The number of carbonyl (C=O) groups excluding carboxylic acids is 2. The van der Waals surface area contributed by atoms with Crippen LogP contribution in [0.2, 0.25) is 0 Å². The molecule has 88 valence electrons. The molecule has 0 aliphatic rings. The minimum atomic E-state index is -0.559. The number of hydrogen-bond acceptors (Lipinski definition) is 3. The second-order valence-electron chi connectivity index (χ2n) is 3.61. The highest BCUT2D eigenvalue weighted by Gasteiger charge is 2.04. The molecule has 0 saturated heterocycles. The van der Waals surface area contributed by atoms with Gasteiger partial charge in [-0.25, -0.2) is 4.79 Å². The highest BCUT2D eigenvalue weighted by Crippen LogP contribution is 1.95. The van der Waals surface area contributed by atoms with E-state index in [4.69, 9.17) is 0 Å². The van der Waals surface area contributed by atoms with Crippen LogP contribution in [0.4, 0.5) is 4.79 Å². The number of nitrogens with one attached hydrogen (secondary N) is 2. The number of hydrogen-bond donors (Lipinski definition) is 2. The molecule has 0 rings (SSSR count). The topological polar surface area (TPSA) is 67.4 Å². The average molecular weight is 216 g/mol. The van der Waals surface area contributed by atoms with Gasteiger partial charge in [0.1, 0.15) is 0 Å². The Morgan fingerprint density at radius 3 is 2.47 bits per heavy atom. The average Bonchev–Trinajstić information content (AvgIpc) is 2.14. The lowest BCUT2D eigenvalue weighted by Gasteiger charge is -2.08. The van der Waals surface area contributed by atoms with Crippen LogP contribution in [0.3, 0.4) is 0 Å². The number of rotatable bonds is 6. The van der Waals surface area contributed by atoms with Crippen LogP contribution in [0.1, 0.15) is 27.2 Å². The fraction of sp³-hybridized carbons (Fsp3) is 0.800. The van der Waals surface area contributed by atoms with Crippen LogP contribution in [0.5, 0.6) is 0 Å². The molecule has 15 heavy (non-hydrogen) atoms. The van der Waals surface area contributed by atoms with Crippen LogP contribution >= 0.6 is 0 Å². The monoisotopic (exact) mass is 216 g/mol. The van der Waals surface area contributed by atoms with Crippen molar-refractivity contribution in [2.24, 2.45) is 5.92 Å². The summed E-state index contributed by atoms with van der Waals surface area (Å²) in [5.41, 5.74) is 0. The van der Waals surface area contributed by atoms with Crippen molar-refractivity contribution in [2.75, 3.05) is 19.7 Å². The Hall–Kier alpha value is -1.26. The fourth-order valence-corrected chi connectivity index (χ4v) is 0.897. The highest BCUT2D eigenvalue weighted by atomic mass is 16.5. The number of alkyl carbamates (subject to hydrolysis) is 1. The van der Waals surface area contributed by atoms with Gasteiger partial charge in [0.15, 0.2) is 0 Å². The second kappa shape index (κ2) is 8.08. The first-order chi connectivity index (χ1) is 7.06. The molecule has 0 aliphatic carbocycles. The van der Waals surface area contributed by atoms with E-state index >= 15 is 0 Å². The van der Waals surface area contributed by atoms with Crippen LogP contribution in [0.15, 0.2) is 0 Å². The van der Waals surface area contributed by atoms with E-state index in [-0.39, 0.29) is 12.5 Å². The Kier molecular flexibility index (Phi) is 7.40. The van der Waals surface area contributed by atoms with E-state index in [1.807, 2.05) is 0 Å². The SMILES string of the molecule is CCOC(=O)NCC(=O)NCCC(C)C. The summed E-state index contributed by atoms with van der Waals surface area (Å²) in [6.45, 7) is 6.80. The lowest BCUT2D eigenvalue weighted by atomic mass is 10.1. The first kappa shape index (κ1) is 13.7. The quantitative estimate of drug-likeness (QED) is 0.693. The van der Waals surface area contributed by atoms with Gasteiger partial charge >= 0.3 is 6.09 Å². The Balaban J connectivity index is 3.45. The summed E-state index contributed by atoms with van der Waals surface area (Å²) in [5, 5.41) is 5.05. The van der Waals surface area contributed by atoms with Crippen molar-refractivity contribution in [3.63, 3.8) is 0 Å². The molecule has 0 radical (unpaired) electrons. The van der Waals surface area contributed by atoms with Gasteiger partial charge in [-0.3, -0.25) is 4.79 Å². The van der Waals surface area contributed by atoms with E-state index in [1.54, 1.807) is 6.92 Å². The van der Waals surface area contributed by atoms with Gasteiger partial charge in [-0.05, 0) is 19.3 Å². The largest absolute Gasteiger partial charge is 0.450 e. The molecular weight excluding hydrogens is 196 g/mol. The smallest absolute Gasteiger partial charge is 0.407 e. The lowest BCUT2D eigenvalue weighted by molar-refractivity contribution is -0.120. The van der Waals surface area contributed by atoms with Crippen molar-refractivity contribution in [3.8, 4) is 0 Å². The van der Waals surface area contributed by atoms with Gasteiger partial charge in [-0.2, -0.15) is 0 Å². The Morgan fingerprint density at radius 2 is 1.93 bits per heavy atom. The molecule has 5 nitrogen and oxygen atoms in total. The zero-order valence-corrected chi connectivity index (χ0v) is 9.63. The predicted molar refractivity (Wildman–Crippen MR) is 57.5 cm³/mol. The third kappa shape index (κ3) is 9.05. The molecule has 0 aromatic heterocycles. The number of ether oxygens (including phenoxy) is 1. The third-order valence-electron chi connectivity index (χ3n) is 1.71. The zero-order valence-electron chi connectivity index (χ0n) is 9.63. The Bertz CT molecular complexity index is 205. The normalized spacial score (nSPS) is 9.87. The van der Waals surface area contributed by atoms with E-state index in [2.05, 4.69) is 29.2 Å². The number of carbonyl (C=O) groups is 2. The van der Waals surface area contributed by atoms with Crippen molar-refractivity contribution in [1.29, 1.82) is 0 Å². The summed E-state index contributed by atoms with van der Waals surface area (Å²) < 4.78 is 4.60. The summed E-state index contributed by atoms with van der Waals surface area (Å²) in [4.78, 5) is 22.0. The molecular formula is C10H20N2O3. The molecule has 2 N–H and O–H groups in total.